The van der Waals surface area contributed by atoms with Crippen LogP contribution in [0.2, 0.25) is 0 Å². The molecule has 2 fully saturated rings. The molecule has 2 aromatic rings. The van der Waals surface area contributed by atoms with Crippen molar-refractivity contribution in [3.63, 3.8) is 0 Å². The summed E-state index contributed by atoms with van der Waals surface area (Å²) in [5, 5.41) is 7.47. The first kappa shape index (κ1) is 16.1. The van der Waals surface area contributed by atoms with Crippen LogP contribution >= 0.6 is 0 Å². The van der Waals surface area contributed by atoms with E-state index in [1.807, 2.05) is 18.3 Å². The minimum absolute atomic E-state index is 0.0254. The van der Waals surface area contributed by atoms with Crippen molar-refractivity contribution in [1.29, 1.82) is 0 Å². The molecule has 4 heterocycles. The minimum atomic E-state index is -0.270. The fraction of sp³-hybridized carbons (Fsp3) is 0.444. The Kier molecular flexibility index (Phi) is 4.42. The molecule has 0 radical (unpaired) electrons. The number of rotatable bonds is 4. The van der Waals surface area contributed by atoms with E-state index < -0.39 is 0 Å². The van der Waals surface area contributed by atoms with Crippen LogP contribution in [0, 0.1) is 0 Å². The maximum atomic E-state index is 12.4. The average molecular weight is 340 g/mol. The largest absolute Gasteiger partial charge is 0.373 e. The Bertz CT molecular complexity index is 720. The third-order valence-corrected chi connectivity index (χ3v) is 4.73. The maximum absolute atomic E-state index is 12.4. The zero-order valence-electron chi connectivity index (χ0n) is 13.9. The Labute approximate surface area is 146 Å². The van der Waals surface area contributed by atoms with E-state index in [0.29, 0.717) is 31.9 Å². The first-order valence-corrected chi connectivity index (χ1v) is 8.45. The summed E-state index contributed by atoms with van der Waals surface area (Å²) < 4.78 is 12.0. The Morgan fingerprint density at radius 1 is 1.28 bits per heavy atom. The topological polar surface area (TPSA) is 77.4 Å². The van der Waals surface area contributed by atoms with Gasteiger partial charge >= 0.3 is 0 Å². The lowest BCUT2D eigenvalue weighted by Crippen LogP contribution is -2.67. The highest BCUT2D eigenvalue weighted by atomic mass is 16.5. The fourth-order valence-corrected chi connectivity index (χ4v) is 3.44. The van der Waals surface area contributed by atoms with E-state index in [2.05, 4.69) is 15.2 Å². The van der Waals surface area contributed by atoms with Crippen molar-refractivity contribution in [3.8, 4) is 0 Å². The highest BCUT2D eigenvalue weighted by molar-refractivity contribution is 5.94. The van der Waals surface area contributed by atoms with Gasteiger partial charge in [-0.2, -0.15) is 10.2 Å². The van der Waals surface area contributed by atoms with Gasteiger partial charge in [-0.25, -0.2) is 0 Å². The summed E-state index contributed by atoms with van der Waals surface area (Å²) >= 11 is 0. The van der Waals surface area contributed by atoms with Crippen LogP contribution in [0.25, 0.3) is 0 Å². The van der Waals surface area contributed by atoms with E-state index in [1.165, 1.54) is 12.4 Å². The second-order valence-corrected chi connectivity index (χ2v) is 6.61. The fourth-order valence-electron chi connectivity index (χ4n) is 3.44. The zero-order chi connectivity index (χ0) is 17.1. The molecule has 2 saturated heterocycles. The van der Waals surface area contributed by atoms with Gasteiger partial charge in [0, 0.05) is 25.4 Å². The SMILES string of the molecule is O=C(c1ccnnc1)N1CC2(C[C@@H](OCc3cccnc3)CCO2)C1. The number of hydrogen-bond donors (Lipinski definition) is 0. The van der Waals surface area contributed by atoms with Crippen molar-refractivity contribution in [3.05, 3.63) is 54.1 Å². The molecule has 0 bridgehead atoms. The second-order valence-electron chi connectivity index (χ2n) is 6.61. The van der Waals surface area contributed by atoms with E-state index in [9.17, 15) is 4.79 Å². The monoisotopic (exact) mass is 340 g/mol. The van der Waals surface area contributed by atoms with Gasteiger partial charge in [0.25, 0.3) is 5.91 Å². The molecule has 1 spiro atoms. The normalized spacial score (nSPS) is 21.8. The molecule has 0 N–H and O–H groups in total. The number of likely N-dealkylation sites (tertiary alicyclic amines) is 1. The van der Waals surface area contributed by atoms with Gasteiger partial charge in [0.1, 0.15) is 5.60 Å². The number of hydrogen-bond acceptors (Lipinski definition) is 6. The number of carbonyl (C=O) groups is 1. The molecule has 1 atom stereocenters. The van der Waals surface area contributed by atoms with Crippen LogP contribution in [0.5, 0.6) is 0 Å². The van der Waals surface area contributed by atoms with Gasteiger partial charge < -0.3 is 14.4 Å². The van der Waals surface area contributed by atoms with Gasteiger partial charge in [-0.15, -0.1) is 0 Å². The van der Waals surface area contributed by atoms with Crippen LogP contribution in [-0.4, -0.2) is 57.4 Å². The average Bonchev–Trinajstić information content (AvgIpc) is 2.65. The highest BCUT2D eigenvalue weighted by Gasteiger charge is 2.49. The minimum Gasteiger partial charge on any atom is -0.373 e. The number of pyridine rings is 1. The number of aromatic nitrogens is 3. The van der Waals surface area contributed by atoms with Crippen molar-refractivity contribution in [2.45, 2.75) is 31.2 Å². The van der Waals surface area contributed by atoms with Crippen LogP contribution in [-0.2, 0) is 16.1 Å². The Morgan fingerprint density at radius 2 is 2.20 bits per heavy atom. The van der Waals surface area contributed by atoms with E-state index in [4.69, 9.17) is 9.47 Å². The van der Waals surface area contributed by atoms with Gasteiger partial charge in [-0.1, -0.05) is 6.07 Å². The highest BCUT2D eigenvalue weighted by Crippen LogP contribution is 2.36. The standard InChI is InChI=1S/C18H20N4O3/c23-17(15-3-6-20-21-10-15)22-12-18(13-22)8-16(4-7-25-18)24-11-14-2-1-5-19-9-14/h1-3,5-6,9-10,16H,4,7-8,11-13H2/t16-/m0/s1. The van der Waals surface area contributed by atoms with Crippen molar-refractivity contribution in [2.24, 2.45) is 0 Å². The number of nitrogens with zero attached hydrogens (tertiary/aromatic N) is 4. The van der Waals surface area contributed by atoms with Crippen molar-refractivity contribution >= 4 is 5.91 Å². The van der Waals surface area contributed by atoms with Crippen LogP contribution < -0.4 is 0 Å². The van der Waals surface area contributed by atoms with Gasteiger partial charge in [0.2, 0.25) is 0 Å². The molecule has 0 aromatic carbocycles. The molecule has 130 valence electrons. The van der Waals surface area contributed by atoms with Gasteiger partial charge in [0.15, 0.2) is 0 Å². The molecule has 0 aliphatic carbocycles. The molecule has 2 aliphatic heterocycles. The van der Waals surface area contributed by atoms with Gasteiger partial charge in [0.05, 0.1) is 43.8 Å². The summed E-state index contributed by atoms with van der Waals surface area (Å²) in [5.74, 6) is -0.0254. The predicted molar refractivity (Wildman–Crippen MR) is 88.7 cm³/mol. The third-order valence-electron chi connectivity index (χ3n) is 4.73. The molecular weight excluding hydrogens is 320 g/mol. The first-order chi connectivity index (χ1) is 12.2. The van der Waals surface area contributed by atoms with Crippen LogP contribution in [0.15, 0.2) is 43.0 Å². The van der Waals surface area contributed by atoms with E-state index >= 15 is 0 Å². The Hall–Kier alpha value is -2.38. The summed E-state index contributed by atoms with van der Waals surface area (Å²) in [6, 6.07) is 5.60. The molecule has 0 saturated carbocycles. The summed E-state index contributed by atoms with van der Waals surface area (Å²) in [6.07, 6.45) is 8.44. The molecule has 2 aliphatic rings. The molecule has 7 nitrogen and oxygen atoms in total. The van der Waals surface area contributed by atoms with E-state index in [0.717, 1.165) is 18.4 Å². The molecular formula is C18H20N4O3. The van der Waals surface area contributed by atoms with Gasteiger partial charge in [-0.05, 0) is 24.1 Å². The number of amides is 1. The number of ether oxygens (including phenoxy) is 2. The quantitative estimate of drug-likeness (QED) is 0.839. The summed E-state index contributed by atoms with van der Waals surface area (Å²) in [5.41, 5.74) is 1.36. The number of carbonyl (C=O) groups excluding carboxylic acids is 1. The smallest absolute Gasteiger partial charge is 0.255 e. The Balaban J connectivity index is 1.31. The summed E-state index contributed by atoms with van der Waals surface area (Å²) in [4.78, 5) is 18.3. The lowest BCUT2D eigenvalue weighted by molar-refractivity contribution is -0.188. The molecule has 0 unspecified atom stereocenters. The third kappa shape index (κ3) is 3.52. The van der Waals surface area contributed by atoms with Crippen molar-refractivity contribution in [1.82, 2.24) is 20.1 Å². The summed E-state index contributed by atoms with van der Waals surface area (Å²) in [7, 11) is 0. The van der Waals surface area contributed by atoms with Crippen LogP contribution in [0.4, 0.5) is 0 Å². The molecule has 4 rings (SSSR count). The molecule has 25 heavy (non-hydrogen) atoms. The Morgan fingerprint density at radius 3 is 2.96 bits per heavy atom. The lowest BCUT2D eigenvalue weighted by Gasteiger charge is -2.53. The molecule has 2 aromatic heterocycles. The molecule has 7 heteroatoms. The van der Waals surface area contributed by atoms with Crippen molar-refractivity contribution < 1.29 is 14.3 Å². The predicted octanol–water partition coefficient (Wildman–Crippen LogP) is 1.46. The van der Waals surface area contributed by atoms with Gasteiger partial charge in [-0.3, -0.25) is 9.78 Å². The van der Waals surface area contributed by atoms with E-state index in [-0.39, 0.29) is 17.6 Å². The maximum Gasteiger partial charge on any atom is 0.255 e. The first-order valence-electron chi connectivity index (χ1n) is 8.45. The van der Waals surface area contributed by atoms with E-state index in [1.54, 1.807) is 17.2 Å². The second kappa shape index (κ2) is 6.85. The summed E-state index contributed by atoms with van der Waals surface area (Å²) in [6.45, 7) is 2.41. The van der Waals surface area contributed by atoms with Crippen molar-refractivity contribution in [2.75, 3.05) is 19.7 Å². The molecule has 1 amide bonds. The lowest BCUT2D eigenvalue weighted by atomic mass is 9.84. The van der Waals surface area contributed by atoms with Crippen LogP contribution in [0.3, 0.4) is 0 Å². The zero-order valence-corrected chi connectivity index (χ0v) is 13.9. The van der Waals surface area contributed by atoms with Crippen LogP contribution in [0.1, 0.15) is 28.8 Å².